The lowest BCUT2D eigenvalue weighted by Crippen LogP contribution is -2.34. The lowest BCUT2D eigenvalue weighted by atomic mass is 9.74. The maximum Gasteiger partial charge on any atom is 0.205 e. The maximum absolute atomic E-state index is 13.0. The molecule has 1 aromatic heterocycles. The van der Waals surface area contributed by atoms with Gasteiger partial charge in [-0.05, 0) is 24.1 Å². The zero-order valence-corrected chi connectivity index (χ0v) is 19.4. The zero-order valence-electron chi connectivity index (χ0n) is 17.8. The summed E-state index contributed by atoms with van der Waals surface area (Å²) in [7, 11) is 0. The van der Waals surface area contributed by atoms with E-state index < -0.39 is 11.8 Å². The van der Waals surface area contributed by atoms with Crippen molar-refractivity contribution >= 4 is 27.6 Å². The molecule has 33 heavy (non-hydrogen) atoms. The molecule has 1 N–H and O–H groups in total. The van der Waals surface area contributed by atoms with Crippen LogP contribution in [0.3, 0.4) is 0 Å². The van der Waals surface area contributed by atoms with Gasteiger partial charge in [0.1, 0.15) is 11.7 Å². The van der Waals surface area contributed by atoms with Crippen molar-refractivity contribution in [2.75, 3.05) is 0 Å². The van der Waals surface area contributed by atoms with Crippen molar-refractivity contribution in [3.63, 3.8) is 0 Å². The second kappa shape index (κ2) is 8.80. The van der Waals surface area contributed by atoms with Crippen LogP contribution in [0.15, 0.2) is 76.6 Å². The Balaban J connectivity index is 1.67. The van der Waals surface area contributed by atoms with Crippen LogP contribution in [-0.2, 0) is 16.1 Å². The fourth-order valence-electron chi connectivity index (χ4n) is 4.61. The topological polar surface area (TPSA) is 91.8 Å². The predicted octanol–water partition coefficient (Wildman–Crippen LogP) is 5.60. The van der Waals surface area contributed by atoms with E-state index in [0.29, 0.717) is 37.1 Å². The van der Waals surface area contributed by atoms with E-state index in [9.17, 15) is 10.1 Å². The van der Waals surface area contributed by atoms with E-state index >= 15 is 0 Å². The molecule has 3 aromatic rings. The summed E-state index contributed by atoms with van der Waals surface area (Å²) in [5.74, 6) is -1.02. The van der Waals surface area contributed by atoms with Gasteiger partial charge in [0.05, 0.1) is 18.3 Å². The quantitative estimate of drug-likeness (QED) is 0.504. The first-order valence-electron chi connectivity index (χ1n) is 10.8. The molecule has 2 heterocycles. The number of halogens is 1. The van der Waals surface area contributed by atoms with Gasteiger partial charge in [0, 0.05) is 46.1 Å². The molecule has 0 radical (unpaired) electrons. The van der Waals surface area contributed by atoms with Gasteiger partial charge < -0.3 is 4.74 Å². The molecule has 2 unspecified atom stereocenters. The lowest BCUT2D eigenvalue weighted by molar-refractivity contribution is -0.116. The Morgan fingerprint density at radius 1 is 1.15 bits per heavy atom. The minimum Gasteiger partial charge on any atom is -0.446 e. The fraction of sp³-hybridized carbons (Fsp3) is 0.231. The molecule has 164 valence electrons. The second-order valence-electron chi connectivity index (χ2n) is 8.29. The number of hydrogen-bond acceptors (Lipinski definition) is 5. The molecular weight excluding hydrogens is 480 g/mol. The molecule has 0 bridgehead atoms. The summed E-state index contributed by atoms with van der Waals surface area (Å²) in [6, 6.07) is 20.0. The van der Waals surface area contributed by atoms with Crippen LogP contribution in [0.4, 0.5) is 0 Å². The average Bonchev–Trinajstić information content (AvgIpc) is 3.24. The highest BCUT2D eigenvalue weighted by Crippen LogP contribution is 2.45. The summed E-state index contributed by atoms with van der Waals surface area (Å²) >= 11 is 3.47. The number of carbonyl (C=O) groups excluding carboxylic acids is 1. The van der Waals surface area contributed by atoms with Gasteiger partial charge in [0.2, 0.25) is 5.90 Å². The molecule has 0 saturated carbocycles. The van der Waals surface area contributed by atoms with Crippen LogP contribution in [0.1, 0.15) is 36.3 Å². The van der Waals surface area contributed by atoms with Crippen LogP contribution in [0.5, 0.6) is 0 Å². The molecule has 0 fully saturated rings. The summed E-state index contributed by atoms with van der Waals surface area (Å²) in [5, 5.41) is 23.2. The average molecular weight is 501 g/mol. The van der Waals surface area contributed by atoms with Crippen LogP contribution in [0.25, 0.3) is 11.3 Å². The number of carbonyl (C=O) groups is 1. The molecule has 2 aliphatic rings. The van der Waals surface area contributed by atoms with Crippen molar-refractivity contribution < 1.29 is 9.53 Å². The molecule has 5 rings (SSSR count). The number of allylic oxidation sites excluding steroid dienone is 2. The van der Waals surface area contributed by atoms with E-state index in [2.05, 4.69) is 22.0 Å². The molecule has 0 spiro atoms. The SMILES string of the molecule is N#CC1C(=N)OC2=C(C(=O)CCC2)C1c1cn(Cc2ccc(Br)cc2)nc1-c1ccccc1. The van der Waals surface area contributed by atoms with Gasteiger partial charge in [-0.1, -0.05) is 58.4 Å². The third-order valence-electron chi connectivity index (χ3n) is 6.14. The van der Waals surface area contributed by atoms with Crippen LogP contribution >= 0.6 is 15.9 Å². The fourth-order valence-corrected chi connectivity index (χ4v) is 4.88. The van der Waals surface area contributed by atoms with Gasteiger partial charge in [0.15, 0.2) is 5.78 Å². The number of nitrogens with zero attached hydrogens (tertiary/aromatic N) is 3. The Labute approximate surface area is 200 Å². The third kappa shape index (κ3) is 4.03. The standard InChI is InChI=1S/C26H21BrN4O2/c27-18-11-9-16(10-12-18)14-31-15-20(25(30-31)17-5-2-1-3-6-17)23-19(13-28)26(29)33-22-8-4-7-21(32)24(22)23/h1-3,5-6,9-12,15,19,23,29H,4,7-8,14H2. The Morgan fingerprint density at radius 3 is 2.64 bits per heavy atom. The molecule has 6 nitrogen and oxygen atoms in total. The van der Waals surface area contributed by atoms with Gasteiger partial charge >= 0.3 is 0 Å². The van der Waals surface area contributed by atoms with E-state index in [1.807, 2.05) is 65.5 Å². The number of Topliss-reactive ketones (excluding diaryl/α,β-unsaturated/α-hetero) is 1. The highest BCUT2D eigenvalue weighted by molar-refractivity contribution is 9.10. The predicted molar refractivity (Wildman–Crippen MR) is 127 cm³/mol. The van der Waals surface area contributed by atoms with Gasteiger partial charge in [-0.2, -0.15) is 10.4 Å². The van der Waals surface area contributed by atoms with Gasteiger partial charge in [-0.25, -0.2) is 0 Å². The molecular formula is C26H21BrN4O2. The Morgan fingerprint density at radius 2 is 1.91 bits per heavy atom. The summed E-state index contributed by atoms with van der Waals surface area (Å²) in [4.78, 5) is 13.0. The molecule has 1 aliphatic carbocycles. The van der Waals surface area contributed by atoms with Crippen molar-refractivity contribution in [3.05, 3.63) is 87.7 Å². The number of nitrogens with one attached hydrogen (secondary N) is 1. The number of hydrogen-bond donors (Lipinski definition) is 1. The zero-order chi connectivity index (χ0) is 22.9. The number of aromatic nitrogens is 2. The first kappa shape index (κ1) is 21.4. The molecule has 7 heteroatoms. The number of ketones is 1. The van der Waals surface area contributed by atoms with Crippen LogP contribution < -0.4 is 0 Å². The lowest BCUT2D eigenvalue weighted by Gasteiger charge is -2.33. The largest absolute Gasteiger partial charge is 0.446 e. The molecule has 1 aliphatic heterocycles. The van der Waals surface area contributed by atoms with Crippen molar-refractivity contribution in [3.8, 4) is 17.3 Å². The molecule has 2 atom stereocenters. The smallest absolute Gasteiger partial charge is 0.205 e. The van der Waals surface area contributed by atoms with Crippen LogP contribution in [-0.4, -0.2) is 21.5 Å². The first-order valence-corrected chi connectivity index (χ1v) is 11.6. The normalized spacial score (nSPS) is 20.2. The Bertz CT molecular complexity index is 1300. The number of rotatable bonds is 4. The highest BCUT2D eigenvalue weighted by atomic mass is 79.9. The number of benzene rings is 2. The minimum atomic E-state index is -0.876. The van der Waals surface area contributed by atoms with Crippen molar-refractivity contribution in [1.82, 2.24) is 9.78 Å². The first-order chi connectivity index (χ1) is 16.0. The van der Waals surface area contributed by atoms with Crippen LogP contribution in [0.2, 0.25) is 0 Å². The van der Waals surface area contributed by atoms with Crippen molar-refractivity contribution in [2.24, 2.45) is 5.92 Å². The summed E-state index contributed by atoms with van der Waals surface area (Å²) in [6.45, 7) is 0.546. The maximum atomic E-state index is 13.0. The number of ether oxygens (including phenoxy) is 1. The van der Waals surface area contributed by atoms with E-state index in [-0.39, 0.29) is 11.7 Å². The second-order valence-corrected chi connectivity index (χ2v) is 9.20. The van der Waals surface area contributed by atoms with Crippen LogP contribution in [0, 0.1) is 22.7 Å². The monoisotopic (exact) mass is 500 g/mol. The van der Waals surface area contributed by atoms with E-state index in [0.717, 1.165) is 26.9 Å². The van der Waals surface area contributed by atoms with E-state index in [1.54, 1.807) is 0 Å². The third-order valence-corrected chi connectivity index (χ3v) is 6.67. The van der Waals surface area contributed by atoms with Gasteiger partial charge in [-0.15, -0.1) is 0 Å². The van der Waals surface area contributed by atoms with E-state index in [1.165, 1.54) is 0 Å². The highest BCUT2D eigenvalue weighted by Gasteiger charge is 2.44. The molecule has 0 amide bonds. The van der Waals surface area contributed by atoms with Crippen molar-refractivity contribution in [1.29, 1.82) is 10.7 Å². The molecule has 2 aromatic carbocycles. The Kier molecular flexibility index (Phi) is 5.69. The summed E-state index contributed by atoms with van der Waals surface area (Å²) < 4.78 is 8.52. The minimum absolute atomic E-state index is 0.00586. The van der Waals surface area contributed by atoms with Gasteiger partial charge in [-0.3, -0.25) is 14.9 Å². The Hall–Kier alpha value is -3.50. The molecule has 0 saturated heterocycles. The van der Waals surface area contributed by atoms with Gasteiger partial charge in [0.25, 0.3) is 0 Å². The van der Waals surface area contributed by atoms with E-state index in [4.69, 9.17) is 15.2 Å². The summed E-state index contributed by atoms with van der Waals surface area (Å²) in [6.07, 6.45) is 3.65. The van der Waals surface area contributed by atoms with Crippen molar-refractivity contribution in [2.45, 2.75) is 31.7 Å². The number of nitriles is 1. The summed E-state index contributed by atoms with van der Waals surface area (Å²) in [5.41, 5.74) is 4.02.